The summed E-state index contributed by atoms with van der Waals surface area (Å²) in [6, 6.07) is 1.40. The van der Waals surface area contributed by atoms with E-state index in [1.54, 1.807) is 0 Å². The lowest BCUT2D eigenvalue weighted by Crippen LogP contribution is -2.46. The molecule has 1 aliphatic rings. The molecule has 0 aromatic carbocycles. The van der Waals surface area contributed by atoms with Crippen LogP contribution in [-0.4, -0.2) is 37.1 Å². The standard InChI is InChI=1S/C11H24N2/c1-9-5-6-13(11(3)7-9)8-10(2)12-4/h9-12H,5-8H2,1-4H3. The molecule has 0 spiro atoms. The molecule has 1 saturated heterocycles. The van der Waals surface area contributed by atoms with E-state index >= 15 is 0 Å². The zero-order valence-corrected chi connectivity index (χ0v) is 9.51. The molecule has 1 N–H and O–H groups in total. The predicted octanol–water partition coefficient (Wildman–Crippen LogP) is 1.71. The molecule has 0 saturated carbocycles. The molecule has 2 nitrogen and oxygen atoms in total. The Hall–Kier alpha value is -0.0800. The lowest BCUT2D eigenvalue weighted by atomic mass is 9.93. The van der Waals surface area contributed by atoms with Crippen LogP contribution in [0, 0.1) is 5.92 Å². The summed E-state index contributed by atoms with van der Waals surface area (Å²) in [4.78, 5) is 2.61. The van der Waals surface area contributed by atoms with E-state index < -0.39 is 0 Å². The van der Waals surface area contributed by atoms with Crippen LogP contribution in [0.3, 0.4) is 0 Å². The summed E-state index contributed by atoms with van der Waals surface area (Å²) in [7, 11) is 2.04. The fraction of sp³-hybridized carbons (Fsp3) is 1.00. The highest BCUT2D eigenvalue weighted by Crippen LogP contribution is 2.21. The molecule has 0 amide bonds. The average molecular weight is 184 g/mol. The van der Waals surface area contributed by atoms with Crippen molar-refractivity contribution in [3.63, 3.8) is 0 Å². The van der Waals surface area contributed by atoms with Gasteiger partial charge in [0.2, 0.25) is 0 Å². The van der Waals surface area contributed by atoms with Crippen LogP contribution in [0.25, 0.3) is 0 Å². The first kappa shape index (κ1) is 11.0. The van der Waals surface area contributed by atoms with Crippen LogP contribution in [0.1, 0.15) is 33.6 Å². The summed E-state index contributed by atoms with van der Waals surface area (Å²) in [6.45, 7) is 9.47. The minimum atomic E-state index is 0.621. The van der Waals surface area contributed by atoms with Crippen molar-refractivity contribution >= 4 is 0 Å². The summed E-state index contributed by atoms with van der Waals surface area (Å²) in [5, 5.41) is 3.30. The number of likely N-dealkylation sites (tertiary alicyclic amines) is 1. The summed E-state index contributed by atoms with van der Waals surface area (Å²) in [5.41, 5.74) is 0. The van der Waals surface area contributed by atoms with Gasteiger partial charge in [0.25, 0.3) is 0 Å². The third-order valence-corrected chi connectivity index (χ3v) is 3.28. The molecule has 0 aliphatic carbocycles. The van der Waals surface area contributed by atoms with Gasteiger partial charge in [-0.25, -0.2) is 0 Å². The number of nitrogens with zero attached hydrogens (tertiary/aromatic N) is 1. The highest BCUT2D eigenvalue weighted by Gasteiger charge is 2.23. The Balaban J connectivity index is 2.33. The number of nitrogens with one attached hydrogen (secondary N) is 1. The van der Waals surface area contributed by atoms with Crippen LogP contribution in [0.15, 0.2) is 0 Å². The molecule has 1 rings (SSSR count). The van der Waals surface area contributed by atoms with E-state index in [1.165, 1.54) is 25.9 Å². The van der Waals surface area contributed by atoms with Gasteiger partial charge in [-0.3, -0.25) is 4.90 Å². The Morgan fingerprint density at radius 2 is 2.15 bits per heavy atom. The van der Waals surface area contributed by atoms with Gasteiger partial charge in [-0.1, -0.05) is 6.92 Å². The number of rotatable bonds is 3. The highest BCUT2D eigenvalue weighted by atomic mass is 15.2. The molecule has 2 heteroatoms. The van der Waals surface area contributed by atoms with Crippen molar-refractivity contribution in [2.75, 3.05) is 20.1 Å². The first-order chi connectivity index (χ1) is 6.13. The van der Waals surface area contributed by atoms with Gasteiger partial charge in [0.15, 0.2) is 0 Å². The fourth-order valence-corrected chi connectivity index (χ4v) is 2.17. The van der Waals surface area contributed by atoms with Gasteiger partial charge in [0.05, 0.1) is 0 Å². The molecular formula is C11H24N2. The SMILES string of the molecule is CNC(C)CN1CCC(C)CC1C. The molecule has 1 fully saturated rings. The molecule has 3 atom stereocenters. The minimum absolute atomic E-state index is 0.621. The van der Waals surface area contributed by atoms with E-state index in [0.29, 0.717) is 6.04 Å². The second-order valence-corrected chi connectivity index (χ2v) is 4.66. The van der Waals surface area contributed by atoms with Crippen molar-refractivity contribution in [3.8, 4) is 0 Å². The maximum Gasteiger partial charge on any atom is 0.0163 e. The molecule has 0 aromatic rings. The third-order valence-electron chi connectivity index (χ3n) is 3.28. The molecule has 78 valence electrons. The van der Waals surface area contributed by atoms with Crippen LogP contribution in [0.2, 0.25) is 0 Å². The van der Waals surface area contributed by atoms with E-state index in [4.69, 9.17) is 0 Å². The maximum absolute atomic E-state index is 3.30. The van der Waals surface area contributed by atoms with Crippen molar-refractivity contribution in [3.05, 3.63) is 0 Å². The number of hydrogen-bond donors (Lipinski definition) is 1. The molecule has 0 bridgehead atoms. The molecule has 1 heterocycles. The van der Waals surface area contributed by atoms with Gasteiger partial charge in [-0.2, -0.15) is 0 Å². The van der Waals surface area contributed by atoms with Crippen molar-refractivity contribution < 1.29 is 0 Å². The summed E-state index contributed by atoms with van der Waals surface area (Å²) < 4.78 is 0. The monoisotopic (exact) mass is 184 g/mol. The zero-order chi connectivity index (χ0) is 9.84. The van der Waals surface area contributed by atoms with Crippen LogP contribution in [-0.2, 0) is 0 Å². The average Bonchev–Trinajstić information content (AvgIpc) is 2.09. The van der Waals surface area contributed by atoms with E-state index in [0.717, 1.165) is 12.0 Å². The quantitative estimate of drug-likeness (QED) is 0.718. The first-order valence-corrected chi connectivity index (χ1v) is 5.54. The van der Waals surface area contributed by atoms with Gasteiger partial charge < -0.3 is 5.32 Å². The van der Waals surface area contributed by atoms with Crippen molar-refractivity contribution in [1.29, 1.82) is 0 Å². The highest BCUT2D eigenvalue weighted by molar-refractivity contribution is 4.79. The fourth-order valence-electron chi connectivity index (χ4n) is 2.17. The van der Waals surface area contributed by atoms with Gasteiger partial charge in [0.1, 0.15) is 0 Å². The van der Waals surface area contributed by atoms with E-state index in [2.05, 4.69) is 31.0 Å². The Morgan fingerprint density at radius 1 is 1.46 bits per heavy atom. The molecule has 0 radical (unpaired) electrons. The molecule has 3 unspecified atom stereocenters. The molecule has 0 aromatic heterocycles. The predicted molar refractivity (Wildman–Crippen MR) is 58.0 cm³/mol. The topological polar surface area (TPSA) is 15.3 Å². The van der Waals surface area contributed by atoms with Crippen LogP contribution >= 0.6 is 0 Å². The minimum Gasteiger partial charge on any atom is -0.316 e. The van der Waals surface area contributed by atoms with Crippen molar-refractivity contribution in [2.45, 2.75) is 45.7 Å². The molecule has 13 heavy (non-hydrogen) atoms. The Morgan fingerprint density at radius 3 is 2.69 bits per heavy atom. The first-order valence-electron chi connectivity index (χ1n) is 5.54. The second kappa shape index (κ2) is 4.97. The maximum atomic E-state index is 3.30. The van der Waals surface area contributed by atoms with Gasteiger partial charge in [-0.05, 0) is 46.2 Å². The van der Waals surface area contributed by atoms with Crippen molar-refractivity contribution in [2.24, 2.45) is 5.92 Å². The smallest absolute Gasteiger partial charge is 0.0163 e. The van der Waals surface area contributed by atoms with Crippen molar-refractivity contribution in [1.82, 2.24) is 10.2 Å². The van der Waals surface area contributed by atoms with E-state index in [-0.39, 0.29) is 0 Å². The molecular weight excluding hydrogens is 160 g/mol. The summed E-state index contributed by atoms with van der Waals surface area (Å²) in [5.74, 6) is 0.927. The van der Waals surface area contributed by atoms with E-state index in [9.17, 15) is 0 Å². The molecule has 1 aliphatic heterocycles. The van der Waals surface area contributed by atoms with Gasteiger partial charge in [-0.15, -0.1) is 0 Å². The zero-order valence-electron chi connectivity index (χ0n) is 9.51. The second-order valence-electron chi connectivity index (χ2n) is 4.66. The third kappa shape index (κ3) is 3.28. The number of hydrogen-bond acceptors (Lipinski definition) is 2. The van der Waals surface area contributed by atoms with Crippen LogP contribution in [0.5, 0.6) is 0 Å². The Labute approximate surface area is 82.7 Å². The summed E-state index contributed by atoms with van der Waals surface area (Å²) >= 11 is 0. The normalized spacial score (nSPS) is 33.2. The summed E-state index contributed by atoms with van der Waals surface area (Å²) in [6.07, 6.45) is 2.75. The Kier molecular flexibility index (Phi) is 4.20. The van der Waals surface area contributed by atoms with Crippen LogP contribution < -0.4 is 5.32 Å². The largest absolute Gasteiger partial charge is 0.316 e. The lowest BCUT2D eigenvalue weighted by Gasteiger charge is -2.37. The number of piperidine rings is 1. The van der Waals surface area contributed by atoms with Gasteiger partial charge in [0, 0.05) is 18.6 Å². The lowest BCUT2D eigenvalue weighted by molar-refractivity contribution is 0.120. The van der Waals surface area contributed by atoms with E-state index in [1.807, 2.05) is 7.05 Å². The van der Waals surface area contributed by atoms with Crippen LogP contribution in [0.4, 0.5) is 0 Å². The Bertz CT molecular complexity index is 147. The van der Waals surface area contributed by atoms with Gasteiger partial charge >= 0.3 is 0 Å². The number of likely N-dealkylation sites (N-methyl/N-ethyl adjacent to an activating group) is 1.